The normalized spacial score (nSPS) is 26.6. The number of aliphatic hydroxyl groups excluding tert-OH is 1. The Hall–Kier alpha value is -0.820. The van der Waals surface area contributed by atoms with Crippen LogP contribution in [0.15, 0.2) is 18.2 Å². The van der Waals surface area contributed by atoms with Gasteiger partial charge in [-0.05, 0) is 59.5 Å². The molecule has 4 nitrogen and oxygen atoms in total. The van der Waals surface area contributed by atoms with Crippen LogP contribution in [0.1, 0.15) is 37.9 Å². The standard InChI is InChI=1S/C16H21IO4/c1-3-9-6-11(12(7-9)16(19)20)15(18)13-8-10(17)4-5-14(13)21-2/h4-5,8-9,11-12,15,18H,3,6-7H2,1-2H3,(H,19,20). The van der Waals surface area contributed by atoms with Crippen molar-refractivity contribution in [1.82, 2.24) is 0 Å². The van der Waals surface area contributed by atoms with E-state index in [9.17, 15) is 15.0 Å². The molecule has 0 spiro atoms. The van der Waals surface area contributed by atoms with Crippen LogP contribution in [-0.2, 0) is 4.79 Å². The van der Waals surface area contributed by atoms with Gasteiger partial charge in [0, 0.05) is 15.1 Å². The highest BCUT2D eigenvalue weighted by Crippen LogP contribution is 2.46. The van der Waals surface area contributed by atoms with Crippen LogP contribution in [0.3, 0.4) is 0 Å². The first-order chi connectivity index (χ1) is 9.97. The zero-order chi connectivity index (χ0) is 15.6. The lowest BCUT2D eigenvalue weighted by Crippen LogP contribution is -2.24. The maximum Gasteiger partial charge on any atom is 0.306 e. The molecule has 1 aromatic carbocycles. The minimum absolute atomic E-state index is 0.250. The molecule has 1 aromatic rings. The summed E-state index contributed by atoms with van der Waals surface area (Å²) in [4.78, 5) is 11.5. The van der Waals surface area contributed by atoms with Crippen LogP contribution >= 0.6 is 22.6 Å². The van der Waals surface area contributed by atoms with Crippen molar-refractivity contribution >= 4 is 28.6 Å². The maximum absolute atomic E-state index is 11.5. The molecule has 4 atom stereocenters. The number of carbonyl (C=O) groups is 1. The number of ether oxygens (including phenoxy) is 1. The highest BCUT2D eigenvalue weighted by Gasteiger charge is 2.42. The van der Waals surface area contributed by atoms with Gasteiger partial charge >= 0.3 is 5.97 Å². The van der Waals surface area contributed by atoms with Gasteiger partial charge in [0.05, 0.1) is 19.1 Å². The summed E-state index contributed by atoms with van der Waals surface area (Å²) in [5.74, 6) is -0.543. The van der Waals surface area contributed by atoms with Gasteiger partial charge in [0.15, 0.2) is 0 Å². The van der Waals surface area contributed by atoms with Crippen LogP contribution in [0, 0.1) is 21.3 Å². The molecular weight excluding hydrogens is 383 g/mol. The molecule has 0 radical (unpaired) electrons. The van der Waals surface area contributed by atoms with Crippen LogP contribution in [-0.4, -0.2) is 23.3 Å². The van der Waals surface area contributed by atoms with Crippen LogP contribution in [0.25, 0.3) is 0 Å². The van der Waals surface area contributed by atoms with Crippen LogP contribution in [0.5, 0.6) is 5.75 Å². The van der Waals surface area contributed by atoms with E-state index < -0.39 is 18.0 Å². The second kappa shape index (κ2) is 6.96. The van der Waals surface area contributed by atoms with E-state index in [1.165, 1.54) is 0 Å². The number of hydrogen-bond acceptors (Lipinski definition) is 3. The second-order valence-corrected chi connectivity index (χ2v) is 6.93. The highest BCUT2D eigenvalue weighted by molar-refractivity contribution is 14.1. The summed E-state index contributed by atoms with van der Waals surface area (Å²) < 4.78 is 6.32. The first kappa shape index (κ1) is 16.5. The van der Waals surface area contributed by atoms with Crippen molar-refractivity contribution in [2.75, 3.05) is 7.11 Å². The molecular formula is C16H21IO4. The van der Waals surface area contributed by atoms with E-state index in [1.807, 2.05) is 18.2 Å². The summed E-state index contributed by atoms with van der Waals surface area (Å²) in [5.41, 5.74) is 0.692. The number of methoxy groups -OCH3 is 1. The van der Waals surface area contributed by atoms with Crippen molar-refractivity contribution in [1.29, 1.82) is 0 Å². The molecule has 0 heterocycles. The first-order valence-electron chi connectivity index (χ1n) is 7.22. The molecule has 5 heteroatoms. The highest BCUT2D eigenvalue weighted by atomic mass is 127. The van der Waals surface area contributed by atoms with Crippen LogP contribution in [0.2, 0.25) is 0 Å². The smallest absolute Gasteiger partial charge is 0.306 e. The van der Waals surface area contributed by atoms with Gasteiger partial charge in [0.1, 0.15) is 5.75 Å². The Bertz CT molecular complexity index is 517. The predicted molar refractivity (Wildman–Crippen MR) is 88.3 cm³/mol. The summed E-state index contributed by atoms with van der Waals surface area (Å²) in [6, 6.07) is 5.61. The van der Waals surface area contributed by atoms with Gasteiger partial charge in [-0.3, -0.25) is 4.79 Å². The predicted octanol–water partition coefficient (Wildman–Crippen LogP) is 3.47. The second-order valence-electron chi connectivity index (χ2n) is 5.69. The number of carboxylic acid groups (broad SMARTS) is 1. The summed E-state index contributed by atoms with van der Waals surface area (Å²) in [7, 11) is 1.57. The SMILES string of the molecule is CCC1CC(C(=O)O)C(C(O)c2cc(I)ccc2OC)C1. The van der Waals surface area contributed by atoms with E-state index in [1.54, 1.807) is 7.11 Å². The van der Waals surface area contributed by atoms with Crippen LogP contribution < -0.4 is 4.74 Å². The number of hydrogen-bond donors (Lipinski definition) is 2. The summed E-state index contributed by atoms with van der Waals surface area (Å²) >= 11 is 2.18. The minimum Gasteiger partial charge on any atom is -0.496 e. The van der Waals surface area contributed by atoms with Gasteiger partial charge in [-0.2, -0.15) is 0 Å². The lowest BCUT2D eigenvalue weighted by Gasteiger charge is -2.24. The van der Waals surface area contributed by atoms with E-state index in [4.69, 9.17) is 4.74 Å². The molecule has 116 valence electrons. The Morgan fingerprint density at radius 1 is 1.48 bits per heavy atom. The average Bonchev–Trinajstić information content (AvgIpc) is 2.91. The molecule has 0 aliphatic heterocycles. The number of halogens is 1. The van der Waals surface area contributed by atoms with Gasteiger partial charge < -0.3 is 14.9 Å². The average molecular weight is 404 g/mol. The molecule has 1 aliphatic rings. The fraction of sp³-hybridized carbons (Fsp3) is 0.562. The van der Waals surface area contributed by atoms with E-state index in [0.717, 1.165) is 16.4 Å². The van der Waals surface area contributed by atoms with Gasteiger partial charge in [0.25, 0.3) is 0 Å². The quantitative estimate of drug-likeness (QED) is 0.738. The number of rotatable bonds is 5. The summed E-state index contributed by atoms with van der Waals surface area (Å²) in [5, 5.41) is 20.2. The molecule has 1 aliphatic carbocycles. The lowest BCUT2D eigenvalue weighted by molar-refractivity contribution is -0.144. The molecule has 1 fully saturated rings. The van der Waals surface area contributed by atoms with Crippen molar-refractivity contribution in [3.05, 3.63) is 27.3 Å². The first-order valence-corrected chi connectivity index (χ1v) is 8.30. The van der Waals surface area contributed by atoms with Crippen molar-refractivity contribution in [3.63, 3.8) is 0 Å². The topological polar surface area (TPSA) is 66.8 Å². The number of benzene rings is 1. The molecule has 4 unspecified atom stereocenters. The molecule has 2 rings (SSSR count). The van der Waals surface area contributed by atoms with E-state index in [0.29, 0.717) is 23.7 Å². The van der Waals surface area contributed by atoms with Gasteiger partial charge in [-0.15, -0.1) is 0 Å². The molecule has 0 bridgehead atoms. The van der Waals surface area contributed by atoms with E-state index in [-0.39, 0.29) is 5.92 Å². The summed E-state index contributed by atoms with van der Waals surface area (Å²) in [6.07, 6.45) is 1.56. The van der Waals surface area contributed by atoms with Crippen molar-refractivity contribution < 1.29 is 19.7 Å². The van der Waals surface area contributed by atoms with Crippen molar-refractivity contribution in [2.24, 2.45) is 17.8 Å². The van der Waals surface area contributed by atoms with Crippen molar-refractivity contribution in [2.45, 2.75) is 32.3 Å². The third-order valence-corrected chi connectivity index (χ3v) is 5.19. The van der Waals surface area contributed by atoms with Gasteiger partial charge in [0.2, 0.25) is 0 Å². The molecule has 0 amide bonds. The Labute approximate surface area is 138 Å². The monoisotopic (exact) mass is 404 g/mol. The van der Waals surface area contributed by atoms with Crippen molar-refractivity contribution in [3.8, 4) is 5.75 Å². The molecule has 2 N–H and O–H groups in total. The fourth-order valence-corrected chi connectivity index (χ4v) is 3.83. The van der Waals surface area contributed by atoms with Crippen LogP contribution in [0.4, 0.5) is 0 Å². The maximum atomic E-state index is 11.5. The third-order valence-electron chi connectivity index (χ3n) is 4.52. The fourth-order valence-electron chi connectivity index (χ4n) is 3.31. The minimum atomic E-state index is -0.806. The lowest BCUT2D eigenvalue weighted by atomic mass is 9.86. The molecule has 21 heavy (non-hydrogen) atoms. The Morgan fingerprint density at radius 3 is 2.76 bits per heavy atom. The van der Waals surface area contributed by atoms with Gasteiger partial charge in [-0.25, -0.2) is 0 Å². The molecule has 0 saturated heterocycles. The van der Waals surface area contributed by atoms with E-state index in [2.05, 4.69) is 29.5 Å². The largest absolute Gasteiger partial charge is 0.496 e. The van der Waals surface area contributed by atoms with Gasteiger partial charge in [-0.1, -0.05) is 13.3 Å². The zero-order valence-corrected chi connectivity index (χ0v) is 14.4. The number of aliphatic hydroxyl groups is 1. The Morgan fingerprint density at radius 2 is 2.19 bits per heavy atom. The number of aliphatic carboxylic acids is 1. The molecule has 0 aromatic heterocycles. The molecule has 1 saturated carbocycles. The third kappa shape index (κ3) is 3.51. The Kier molecular flexibility index (Phi) is 5.48. The Balaban J connectivity index is 2.31. The van der Waals surface area contributed by atoms with E-state index >= 15 is 0 Å². The summed E-state index contributed by atoms with van der Waals surface area (Å²) in [6.45, 7) is 2.07. The zero-order valence-electron chi connectivity index (χ0n) is 12.3. The number of carboxylic acids is 1.